The highest BCUT2D eigenvalue weighted by Crippen LogP contribution is 2.21. The molecular formula is C9H20N4O3S. The first-order valence-corrected chi connectivity index (χ1v) is 6.89. The Bertz CT molecular complexity index is 399. The van der Waals surface area contributed by atoms with Crippen LogP contribution in [0, 0.1) is 0 Å². The normalized spacial score (nSPS) is 24.2. The molecule has 0 aromatic rings. The Labute approximate surface area is 102 Å². The summed E-state index contributed by atoms with van der Waals surface area (Å²) >= 11 is 0. The predicted octanol–water partition coefficient (Wildman–Crippen LogP) is -0.170. The van der Waals surface area contributed by atoms with Crippen molar-refractivity contribution >= 4 is 16.0 Å². The molecule has 1 rings (SSSR count). The van der Waals surface area contributed by atoms with Gasteiger partial charge >= 0.3 is 0 Å². The number of hydrogen-bond donors (Lipinski definition) is 3. The Kier molecular flexibility index (Phi) is 4.00. The largest absolute Gasteiger partial charge is 0.409 e. The van der Waals surface area contributed by atoms with Crippen LogP contribution >= 0.6 is 0 Å². The van der Waals surface area contributed by atoms with Crippen molar-refractivity contribution in [2.24, 2.45) is 10.9 Å². The van der Waals surface area contributed by atoms with Gasteiger partial charge in [-0.15, -0.1) is 0 Å². The van der Waals surface area contributed by atoms with E-state index in [-0.39, 0.29) is 5.84 Å². The fraction of sp³-hybridized carbons (Fsp3) is 0.889. The molecule has 8 heteroatoms. The summed E-state index contributed by atoms with van der Waals surface area (Å²) in [4.78, 5) is 0. The van der Waals surface area contributed by atoms with Gasteiger partial charge in [-0.2, -0.15) is 17.4 Å². The molecule has 0 saturated carbocycles. The summed E-state index contributed by atoms with van der Waals surface area (Å²) in [5, 5.41) is 11.5. The lowest BCUT2D eigenvalue weighted by Gasteiger charge is -2.28. The summed E-state index contributed by atoms with van der Waals surface area (Å²) < 4.78 is 28.0. The molecule has 0 radical (unpaired) electrons. The van der Waals surface area contributed by atoms with Gasteiger partial charge in [-0.05, 0) is 33.6 Å². The summed E-state index contributed by atoms with van der Waals surface area (Å²) in [6, 6.07) is -0.556. The van der Waals surface area contributed by atoms with Crippen LogP contribution in [0.4, 0.5) is 0 Å². The molecule has 0 aromatic carbocycles. The zero-order chi connectivity index (χ0) is 13.3. The van der Waals surface area contributed by atoms with Crippen LogP contribution in [0.2, 0.25) is 0 Å². The summed E-state index contributed by atoms with van der Waals surface area (Å²) in [6.07, 6.45) is 1.27. The van der Waals surface area contributed by atoms with Crippen molar-refractivity contribution in [3.05, 3.63) is 0 Å². The minimum Gasteiger partial charge on any atom is -0.409 e. The van der Waals surface area contributed by atoms with Crippen LogP contribution in [-0.4, -0.2) is 41.9 Å². The monoisotopic (exact) mass is 264 g/mol. The van der Waals surface area contributed by atoms with Gasteiger partial charge in [0.2, 0.25) is 0 Å². The molecule has 1 saturated heterocycles. The van der Waals surface area contributed by atoms with Crippen molar-refractivity contribution < 1.29 is 13.6 Å². The Hall–Kier alpha value is -0.860. The number of rotatable bonds is 3. The third-order valence-electron chi connectivity index (χ3n) is 2.40. The van der Waals surface area contributed by atoms with Crippen LogP contribution in [0.15, 0.2) is 5.16 Å². The topological polar surface area (TPSA) is 108 Å². The first-order valence-electron chi connectivity index (χ1n) is 5.45. The second-order valence-corrected chi connectivity index (χ2v) is 6.77. The van der Waals surface area contributed by atoms with Crippen molar-refractivity contribution in [2.45, 2.75) is 45.2 Å². The Morgan fingerprint density at radius 3 is 2.59 bits per heavy atom. The zero-order valence-electron chi connectivity index (χ0n) is 10.3. The molecule has 1 aliphatic heterocycles. The molecule has 1 aliphatic rings. The SMILES string of the molecule is CC(C)(C)NS(=O)(=O)N1CCCC1C(N)=NO. The first-order chi connectivity index (χ1) is 7.67. The number of nitrogens with zero attached hydrogens (tertiary/aromatic N) is 2. The van der Waals surface area contributed by atoms with Crippen LogP contribution in [0.25, 0.3) is 0 Å². The fourth-order valence-electron chi connectivity index (χ4n) is 1.84. The third kappa shape index (κ3) is 3.55. The Morgan fingerprint density at radius 1 is 1.53 bits per heavy atom. The van der Waals surface area contributed by atoms with E-state index in [0.717, 1.165) is 0 Å². The van der Waals surface area contributed by atoms with Gasteiger partial charge in [0.05, 0.1) is 6.04 Å². The van der Waals surface area contributed by atoms with Crippen LogP contribution in [0.1, 0.15) is 33.6 Å². The van der Waals surface area contributed by atoms with Crippen LogP contribution < -0.4 is 10.5 Å². The number of oxime groups is 1. The molecule has 100 valence electrons. The van der Waals surface area contributed by atoms with Gasteiger partial charge in [-0.1, -0.05) is 5.16 Å². The smallest absolute Gasteiger partial charge is 0.280 e. The van der Waals surface area contributed by atoms with Gasteiger partial charge in [0.25, 0.3) is 10.2 Å². The zero-order valence-corrected chi connectivity index (χ0v) is 11.2. The minimum absolute atomic E-state index is 0.0678. The maximum absolute atomic E-state index is 12.1. The second-order valence-electron chi connectivity index (χ2n) is 5.15. The highest BCUT2D eigenvalue weighted by Gasteiger charge is 2.38. The first kappa shape index (κ1) is 14.2. The minimum atomic E-state index is -3.61. The predicted molar refractivity (Wildman–Crippen MR) is 64.9 cm³/mol. The van der Waals surface area contributed by atoms with Gasteiger partial charge in [0.15, 0.2) is 5.84 Å². The average molecular weight is 264 g/mol. The van der Waals surface area contributed by atoms with E-state index in [0.29, 0.717) is 19.4 Å². The maximum Gasteiger partial charge on any atom is 0.280 e. The van der Waals surface area contributed by atoms with Gasteiger partial charge in [0, 0.05) is 12.1 Å². The van der Waals surface area contributed by atoms with E-state index in [4.69, 9.17) is 10.9 Å². The number of nitrogens with one attached hydrogen (secondary N) is 1. The summed E-state index contributed by atoms with van der Waals surface area (Å²) in [7, 11) is -3.61. The molecule has 0 bridgehead atoms. The van der Waals surface area contributed by atoms with Crippen molar-refractivity contribution in [1.29, 1.82) is 0 Å². The number of nitrogens with two attached hydrogens (primary N) is 1. The van der Waals surface area contributed by atoms with E-state index in [2.05, 4.69) is 9.88 Å². The van der Waals surface area contributed by atoms with Gasteiger partial charge in [-0.25, -0.2) is 0 Å². The molecule has 17 heavy (non-hydrogen) atoms. The van der Waals surface area contributed by atoms with Crippen molar-refractivity contribution in [3.63, 3.8) is 0 Å². The second kappa shape index (κ2) is 4.79. The summed E-state index contributed by atoms with van der Waals surface area (Å²) in [5.41, 5.74) is 4.94. The maximum atomic E-state index is 12.1. The number of amidine groups is 1. The standard InChI is InChI=1S/C9H20N4O3S/c1-9(2,3)12-17(15,16)13-6-4-5-7(13)8(10)11-14/h7,12,14H,4-6H2,1-3H3,(H2,10,11). The third-order valence-corrected chi connectivity index (χ3v) is 4.33. The highest BCUT2D eigenvalue weighted by molar-refractivity contribution is 7.87. The van der Waals surface area contributed by atoms with Crippen molar-refractivity contribution in [3.8, 4) is 0 Å². The molecule has 7 nitrogen and oxygen atoms in total. The summed E-state index contributed by atoms with van der Waals surface area (Å²) in [5.74, 6) is -0.0678. The molecule has 0 spiro atoms. The van der Waals surface area contributed by atoms with E-state index < -0.39 is 21.8 Å². The molecule has 0 amide bonds. The van der Waals surface area contributed by atoms with E-state index >= 15 is 0 Å². The van der Waals surface area contributed by atoms with Crippen molar-refractivity contribution in [2.75, 3.05) is 6.54 Å². The van der Waals surface area contributed by atoms with Gasteiger partial charge in [-0.3, -0.25) is 0 Å². The molecule has 4 N–H and O–H groups in total. The molecule has 1 atom stereocenters. The van der Waals surface area contributed by atoms with E-state index in [1.165, 1.54) is 4.31 Å². The quantitative estimate of drug-likeness (QED) is 0.284. The molecule has 1 unspecified atom stereocenters. The molecule has 1 heterocycles. The van der Waals surface area contributed by atoms with E-state index in [1.54, 1.807) is 20.8 Å². The van der Waals surface area contributed by atoms with Gasteiger partial charge < -0.3 is 10.9 Å². The molecular weight excluding hydrogens is 244 g/mol. The van der Waals surface area contributed by atoms with E-state index in [9.17, 15) is 8.42 Å². The molecule has 0 aliphatic carbocycles. The fourth-order valence-corrected chi connectivity index (χ4v) is 3.64. The van der Waals surface area contributed by atoms with Crippen molar-refractivity contribution in [1.82, 2.24) is 9.03 Å². The van der Waals surface area contributed by atoms with Crippen LogP contribution in [0.5, 0.6) is 0 Å². The number of hydrogen-bond acceptors (Lipinski definition) is 4. The lowest BCUT2D eigenvalue weighted by Crippen LogP contribution is -2.53. The molecule has 1 fully saturated rings. The molecule has 0 aromatic heterocycles. The lowest BCUT2D eigenvalue weighted by molar-refractivity contribution is 0.311. The highest BCUT2D eigenvalue weighted by atomic mass is 32.2. The lowest BCUT2D eigenvalue weighted by atomic mass is 10.1. The van der Waals surface area contributed by atoms with Crippen LogP contribution in [-0.2, 0) is 10.2 Å². The Balaban J connectivity index is 2.92. The Morgan fingerprint density at radius 2 is 2.12 bits per heavy atom. The van der Waals surface area contributed by atoms with Gasteiger partial charge in [0.1, 0.15) is 0 Å². The van der Waals surface area contributed by atoms with E-state index in [1.807, 2.05) is 0 Å². The summed E-state index contributed by atoms with van der Waals surface area (Å²) in [6.45, 7) is 5.67. The van der Waals surface area contributed by atoms with Crippen LogP contribution in [0.3, 0.4) is 0 Å². The average Bonchev–Trinajstić information content (AvgIpc) is 2.61.